The molecule has 0 aliphatic carbocycles. The first-order chi connectivity index (χ1) is 6.89. The first-order valence-electron chi connectivity index (χ1n) is 2.94. The van der Waals surface area contributed by atoms with Crippen LogP contribution in [0.25, 0.3) is 0 Å². The Morgan fingerprint density at radius 3 is 0.812 bits per heavy atom. The van der Waals surface area contributed by atoms with Gasteiger partial charge in [0.05, 0.1) is 0 Å². The first kappa shape index (κ1) is 20.0. The van der Waals surface area contributed by atoms with E-state index in [2.05, 4.69) is 0 Å². The van der Waals surface area contributed by atoms with Gasteiger partial charge in [-0.15, -0.1) is 0 Å². The second-order valence-electron chi connectivity index (χ2n) is 1.61. The maximum atomic E-state index is 10.6. The summed E-state index contributed by atoms with van der Waals surface area (Å²) >= 11 is 0. The third kappa shape index (κ3) is 15.0. The van der Waals surface area contributed by atoms with Crippen molar-refractivity contribution in [3.63, 3.8) is 0 Å². The molecule has 0 saturated heterocycles. The predicted molar refractivity (Wildman–Crippen MR) is 35.5 cm³/mol. The van der Waals surface area contributed by atoms with Crippen molar-refractivity contribution >= 4 is 11.9 Å². The Morgan fingerprint density at radius 1 is 0.750 bits per heavy atom. The Balaban J connectivity index is -0.000000183. The summed E-state index contributed by atoms with van der Waals surface area (Å²) in [5.74, 6) is -5.51. The summed E-state index contributed by atoms with van der Waals surface area (Å²) in [6.45, 7) is 0. The van der Waals surface area contributed by atoms with Crippen LogP contribution in [0.15, 0.2) is 0 Å². The van der Waals surface area contributed by atoms with Crippen molar-refractivity contribution in [3.05, 3.63) is 0 Å². The van der Waals surface area contributed by atoms with Gasteiger partial charge in [0.1, 0.15) is 0 Å². The Morgan fingerprint density at radius 2 is 0.812 bits per heavy atom. The average molecular weight is 260 g/mol. The van der Waals surface area contributed by atoms with Crippen LogP contribution in [0, 0.1) is 0 Å². The van der Waals surface area contributed by atoms with Gasteiger partial charge in [0.15, 0.2) is 0 Å². The minimum atomic E-state index is -5.08. The largest absolute Gasteiger partial charge is 0.490 e. The van der Waals surface area contributed by atoms with Crippen LogP contribution in [0.1, 0.15) is 0 Å². The highest BCUT2D eigenvalue weighted by Crippen LogP contribution is 2.13. The molecule has 0 fully saturated rings. The van der Waals surface area contributed by atoms with Crippen LogP contribution in [0.4, 0.5) is 26.3 Å². The minimum absolute atomic E-state index is 1.00. The van der Waals surface area contributed by atoms with Gasteiger partial charge in [-0.1, -0.05) is 0 Å². The highest BCUT2D eigenvalue weighted by molar-refractivity contribution is 5.73. The van der Waals surface area contributed by atoms with Gasteiger partial charge in [-0.25, -0.2) is 9.59 Å². The van der Waals surface area contributed by atoms with Crippen molar-refractivity contribution in [3.8, 4) is 0 Å². The van der Waals surface area contributed by atoms with Gasteiger partial charge in [0.25, 0.3) is 0 Å². The number of halogens is 6. The van der Waals surface area contributed by atoms with Crippen molar-refractivity contribution in [1.82, 2.24) is 0 Å². The van der Waals surface area contributed by atoms with Crippen LogP contribution in [-0.4, -0.2) is 46.7 Å². The molecule has 16 heavy (non-hydrogen) atoms. The fraction of sp³-hybridized carbons (Fsp3) is 0.600. The van der Waals surface area contributed by atoms with Crippen LogP contribution >= 0.6 is 0 Å². The third-order valence-electron chi connectivity index (χ3n) is 0.485. The molecular weight excluding hydrogens is 254 g/mol. The number of carbonyl (C=O) groups is 2. The summed E-state index contributed by atoms with van der Waals surface area (Å²) < 4.78 is 63.5. The van der Waals surface area contributed by atoms with Crippen LogP contribution in [0.2, 0.25) is 0 Å². The van der Waals surface area contributed by atoms with Gasteiger partial charge < -0.3 is 15.3 Å². The van der Waals surface area contributed by atoms with Gasteiger partial charge in [-0.3, -0.25) is 0 Å². The summed E-state index contributed by atoms with van der Waals surface area (Å²) in [6.07, 6.45) is -10.2. The first-order valence-corrected chi connectivity index (χ1v) is 2.94. The lowest BCUT2D eigenvalue weighted by Gasteiger charge is -1.93. The van der Waals surface area contributed by atoms with Crippen LogP contribution in [-0.2, 0) is 9.59 Å². The van der Waals surface area contributed by atoms with E-state index in [9.17, 15) is 26.3 Å². The molecule has 0 heterocycles. The summed E-state index contributed by atoms with van der Waals surface area (Å²) in [5, 5.41) is 21.2. The molecule has 0 aliphatic rings. The van der Waals surface area contributed by atoms with Crippen molar-refractivity contribution in [2.24, 2.45) is 0 Å². The molecule has 0 aliphatic heterocycles. The van der Waals surface area contributed by atoms with Crippen molar-refractivity contribution in [2.45, 2.75) is 12.4 Å². The SMILES string of the molecule is CO.O=C(O)C(F)(F)F.O=C(O)C(F)(F)F. The second kappa shape index (κ2) is 7.73. The maximum absolute atomic E-state index is 10.6. The van der Waals surface area contributed by atoms with Crippen molar-refractivity contribution < 1.29 is 51.3 Å². The Kier molecular flexibility index (Phi) is 9.65. The molecule has 3 N–H and O–H groups in total. The molecule has 0 amide bonds. The average Bonchev–Trinajstić information content (AvgIpc) is 2.05. The highest BCUT2D eigenvalue weighted by atomic mass is 19.4. The monoisotopic (exact) mass is 260 g/mol. The molecule has 0 spiro atoms. The molecule has 0 bridgehead atoms. The van der Waals surface area contributed by atoms with Crippen LogP contribution in [0.3, 0.4) is 0 Å². The smallest absolute Gasteiger partial charge is 0.475 e. The Labute approximate surface area is 83.9 Å². The molecule has 0 saturated carbocycles. The van der Waals surface area contributed by atoms with Crippen LogP contribution in [0.5, 0.6) is 0 Å². The van der Waals surface area contributed by atoms with Gasteiger partial charge >= 0.3 is 24.3 Å². The van der Waals surface area contributed by atoms with E-state index in [1.54, 1.807) is 0 Å². The number of hydrogen-bond acceptors (Lipinski definition) is 3. The Bertz CT molecular complexity index is 194. The highest BCUT2D eigenvalue weighted by Gasteiger charge is 2.38. The molecule has 98 valence electrons. The minimum Gasteiger partial charge on any atom is -0.475 e. The molecule has 0 aromatic carbocycles. The lowest BCUT2D eigenvalue weighted by Crippen LogP contribution is -2.21. The number of aliphatic hydroxyl groups excluding tert-OH is 1. The molecule has 0 radical (unpaired) electrons. The van der Waals surface area contributed by atoms with E-state index in [4.69, 9.17) is 24.9 Å². The fourth-order valence-corrected chi connectivity index (χ4v) is 0. The molecule has 0 aromatic rings. The van der Waals surface area contributed by atoms with E-state index in [0.29, 0.717) is 0 Å². The summed E-state index contributed by atoms with van der Waals surface area (Å²) in [4.78, 5) is 17.8. The lowest BCUT2D eigenvalue weighted by molar-refractivity contribution is -0.193. The number of aliphatic hydroxyl groups is 1. The zero-order valence-electron chi connectivity index (χ0n) is 7.43. The van der Waals surface area contributed by atoms with E-state index in [0.717, 1.165) is 7.11 Å². The predicted octanol–water partition coefficient (Wildman–Crippen LogP) is 0.875. The molecule has 0 atom stereocenters. The number of carboxylic acid groups (broad SMARTS) is 2. The zero-order valence-corrected chi connectivity index (χ0v) is 7.43. The second-order valence-corrected chi connectivity index (χ2v) is 1.61. The van der Waals surface area contributed by atoms with Crippen LogP contribution < -0.4 is 0 Å². The molecule has 5 nitrogen and oxygen atoms in total. The quantitative estimate of drug-likeness (QED) is 0.562. The molecule has 0 rings (SSSR count). The summed E-state index contributed by atoms with van der Waals surface area (Å²) in [6, 6.07) is 0. The standard InChI is InChI=1S/2C2HF3O2.CH4O/c2*3-2(4,5)1(6)7;1-2/h2*(H,6,7);2H,1H3. The number of carboxylic acids is 2. The summed E-state index contributed by atoms with van der Waals surface area (Å²) in [7, 11) is 1.00. The lowest BCUT2D eigenvalue weighted by atomic mass is 10.7. The Hall–Kier alpha value is -1.52. The van der Waals surface area contributed by atoms with Crippen molar-refractivity contribution in [1.29, 1.82) is 0 Å². The van der Waals surface area contributed by atoms with Gasteiger partial charge in [-0.2, -0.15) is 26.3 Å². The zero-order chi connectivity index (χ0) is 14.2. The topological polar surface area (TPSA) is 94.8 Å². The number of aliphatic carboxylic acids is 2. The molecular formula is C5H6F6O5. The van der Waals surface area contributed by atoms with Crippen molar-refractivity contribution in [2.75, 3.05) is 7.11 Å². The normalized spacial score (nSPS) is 10.2. The number of alkyl halides is 6. The molecule has 11 heteroatoms. The van der Waals surface area contributed by atoms with E-state index < -0.39 is 24.3 Å². The maximum Gasteiger partial charge on any atom is 0.490 e. The molecule has 0 unspecified atom stereocenters. The van der Waals surface area contributed by atoms with Gasteiger partial charge in [-0.05, 0) is 0 Å². The summed E-state index contributed by atoms with van der Waals surface area (Å²) in [5.41, 5.74) is 0. The van der Waals surface area contributed by atoms with E-state index in [1.165, 1.54) is 0 Å². The van der Waals surface area contributed by atoms with E-state index in [1.807, 2.05) is 0 Å². The number of rotatable bonds is 0. The van der Waals surface area contributed by atoms with Gasteiger partial charge in [0.2, 0.25) is 0 Å². The molecule has 0 aromatic heterocycles. The van der Waals surface area contributed by atoms with E-state index in [-0.39, 0.29) is 0 Å². The fourth-order valence-electron chi connectivity index (χ4n) is 0. The van der Waals surface area contributed by atoms with E-state index >= 15 is 0 Å². The number of hydrogen-bond donors (Lipinski definition) is 3. The third-order valence-corrected chi connectivity index (χ3v) is 0.485. The van der Waals surface area contributed by atoms with Gasteiger partial charge in [0, 0.05) is 7.11 Å².